The van der Waals surface area contributed by atoms with Crippen LogP contribution in [0.5, 0.6) is 0 Å². The number of nitrogens with zero attached hydrogens (tertiary/aromatic N) is 2. The number of rotatable bonds is 11. The van der Waals surface area contributed by atoms with Crippen molar-refractivity contribution in [1.29, 1.82) is 0 Å². The number of hydrogen-bond acceptors (Lipinski definition) is 5. The zero-order chi connectivity index (χ0) is 22.1. The Morgan fingerprint density at radius 1 is 1.00 bits per heavy atom. The van der Waals surface area contributed by atoms with Gasteiger partial charge < -0.3 is 23.7 Å². The van der Waals surface area contributed by atoms with Crippen LogP contribution in [0.4, 0.5) is 0 Å². The van der Waals surface area contributed by atoms with Crippen molar-refractivity contribution in [2.45, 2.75) is 27.3 Å². The molecule has 0 aliphatic rings. The average molecular weight is 417 g/mol. The Morgan fingerprint density at radius 3 is 2.13 bits per heavy atom. The number of carbonyl (C=O) groups excluding carboxylic acids is 2. The molecule has 1 heterocycles. The summed E-state index contributed by atoms with van der Waals surface area (Å²) in [6.45, 7) is 7.91. The van der Waals surface area contributed by atoms with E-state index < -0.39 is 5.97 Å². The minimum Gasteiger partial charge on any atom is -0.461 e. The fraction of sp³-hybridized carbons (Fsp3) is 0.478. The summed E-state index contributed by atoms with van der Waals surface area (Å²) in [5.74, 6) is -0.565. The first-order valence-corrected chi connectivity index (χ1v) is 10.1. The lowest BCUT2D eigenvalue weighted by molar-refractivity contribution is 0.0513. The molecule has 2 aromatic rings. The van der Waals surface area contributed by atoms with E-state index in [1.807, 2.05) is 41.8 Å². The first-order chi connectivity index (χ1) is 14.5. The van der Waals surface area contributed by atoms with Gasteiger partial charge in [-0.05, 0) is 31.9 Å². The minimum absolute atomic E-state index is 0.142. The second-order valence-electron chi connectivity index (χ2n) is 7.00. The molecular weight excluding hydrogens is 384 g/mol. The molecule has 7 nitrogen and oxygen atoms in total. The average Bonchev–Trinajstić information content (AvgIpc) is 2.98. The molecule has 30 heavy (non-hydrogen) atoms. The molecule has 1 aromatic carbocycles. The van der Waals surface area contributed by atoms with E-state index in [4.69, 9.17) is 14.2 Å². The minimum atomic E-state index is -0.423. The zero-order valence-electron chi connectivity index (χ0n) is 18.6. The number of amides is 1. The van der Waals surface area contributed by atoms with Crippen molar-refractivity contribution in [3.63, 3.8) is 0 Å². The summed E-state index contributed by atoms with van der Waals surface area (Å²) in [7, 11) is 3.20. The van der Waals surface area contributed by atoms with Crippen LogP contribution in [0.1, 0.15) is 44.6 Å². The van der Waals surface area contributed by atoms with Crippen LogP contribution < -0.4 is 0 Å². The van der Waals surface area contributed by atoms with Crippen LogP contribution >= 0.6 is 0 Å². The highest BCUT2D eigenvalue weighted by molar-refractivity contribution is 6.01. The van der Waals surface area contributed by atoms with Crippen LogP contribution in [0.15, 0.2) is 30.3 Å². The lowest BCUT2D eigenvalue weighted by atomic mass is 10.1. The van der Waals surface area contributed by atoms with Gasteiger partial charge >= 0.3 is 5.97 Å². The Kier molecular flexibility index (Phi) is 9.08. The SMILES string of the molecule is CCOC(=O)c1c(C)c(C(=O)N(CCOC)CCOC)c(C)n1Cc1ccccc1. The summed E-state index contributed by atoms with van der Waals surface area (Å²) in [5, 5.41) is 0. The third kappa shape index (κ3) is 5.49. The van der Waals surface area contributed by atoms with E-state index in [0.29, 0.717) is 49.7 Å². The van der Waals surface area contributed by atoms with Gasteiger partial charge in [-0.25, -0.2) is 4.79 Å². The third-order valence-corrected chi connectivity index (χ3v) is 5.05. The molecule has 0 spiro atoms. The highest BCUT2D eigenvalue weighted by Crippen LogP contribution is 2.26. The Labute approximate surface area is 178 Å². The second-order valence-corrected chi connectivity index (χ2v) is 7.00. The molecule has 0 atom stereocenters. The maximum absolute atomic E-state index is 13.4. The molecule has 1 aromatic heterocycles. The van der Waals surface area contributed by atoms with E-state index in [0.717, 1.165) is 11.3 Å². The number of hydrogen-bond donors (Lipinski definition) is 0. The molecule has 0 radical (unpaired) electrons. The van der Waals surface area contributed by atoms with Crippen molar-refractivity contribution in [2.24, 2.45) is 0 Å². The lowest BCUT2D eigenvalue weighted by Crippen LogP contribution is -2.37. The van der Waals surface area contributed by atoms with Crippen molar-refractivity contribution in [3.8, 4) is 0 Å². The van der Waals surface area contributed by atoms with Gasteiger partial charge in [0.2, 0.25) is 0 Å². The van der Waals surface area contributed by atoms with Gasteiger partial charge in [-0.3, -0.25) is 4.79 Å². The maximum atomic E-state index is 13.4. The van der Waals surface area contributed by atoms with Crippen LogP contribution in [0.2, 0.25) is 0 Å². The largest absolute Gasteiger partial charge is 0.461 e. The Hall–Kier alpha value is -2.64. The number of benzene rings is 1. The summed E-state index contributed by atoms with van der Waals surface area (Å²) in [5.41, 5.74) is 3.35. The van der Waals surface area contributed by atoms with Crippen molar-refractivity contribution in [3.05, 3.63) is 58.4 Å². The van der Waals surface area contributed by atoms with Crippen LogP contribution in [-0.4, -0.2) is 68.5 Å². The quantitative estimate of drug-likeness (QED) is 0.527. The van der Waals surface area contributed by atoms with Gasteiger partial charge in [0.25, 0.3) is 5.91 Å². The molecule has 0 unspecified atom stereocenters. The van der Waals surface area contributed by atoms with E-state index in [9.17, 15) is 9.59 Å². The molecular formula is C23H32N2O5. The highest BCUT2D eigenvalue weighted by atomic mass is 16.5. The summed E-state index contributed by atoms with van der Waals surface area (Å²) in [6.07, 6.45) is 0. The predicted molar refractivity (Wildman–Crippen MR) is 115 cm³/mol. The molecule has 164 valence electrons. The Morgan fingerprint density at radius 2 is 1.60 bits per heavy atom. The van der Waals surface area contributed by atoms with Crippen LogP contribution in [0.25, 0.3) is 0 Å². The summed E-state index contributed by atoms with van der Waals surface area (Å²) in [4.78, 5) is 27.9. The van der Waals surface area contributed by atoms with E-state index >= 15 is 0 Å². The normalized spacial score (nSPS) is 10.8. The monoisotopic (exact) mass is 416 g/mol. The van der Waals surface area contributed by atoms with Gasteiger partial charge in [0.15, 0.2) is 0 Å². The van der Waals surface area contributed by atoms with Crippen LogP contribution in [0.3, 0.4) is 0 Å². The fourth-order valence-electron chi connectivity index (χ4n) is 3.51. The standard InChI is InChI=1S/C23H32N2O5/c1-6-30-23(27)21-17(2)20(22(26)24(12-14-28-4)13-15-29-5)18(3)25(21)16-19-10-8-7-9-11-19/h7-11H,6,12-16H2,1-5H3. The van der Waals surface area contributed by atoms with Gasteiger partial charge in [0.1, 0.15) is 5.69 Å². The van der Waals surface area contributed by atoms with Crippen molar-refractivity contribution < 1.29 is 23.8 Å². The number of ether oxygens (including phenoxy) is 3. The number of esters is 1. The van der Waals surface area contributed by atoms with Crippen molar-refractivity contribution in [2.75, 3.05) is 47.1 Å². The molecule has 7 heteroatoms. The summed E-state index contributed by atoms with van der Waals surface area (Å²) < 4.78 is 17.5. The second kappa shape index (κ2) is 11.5. The van der Waals surface area contributed by atoms with Crippen LogP contribution in [0, 0.1) is 13.8 Å². The van der Waals surface area contributed by atoms with Crippen molar-refractivity contribution in [1.82, 2.24) is 9.47 Å². The maximum Gasteiger partial charge on any atom is 0.355 e. The first-order valence-electron chi connectivity index (χ1n) is 10.1. The Bertz CT molecular complexity index is 837. The predicted octanol–water partition coefficient (Wildman–Crippen LogP) is 3.06. The molecule has 0 aliphatic heterocycles. The molecule has 0 saturated heterocycles. The molecule has 1 amide bonds. The van der Waals surface area contributed by atoms with Crippen LogP contribution in [-0.2, 0) is 20.8 Å². The van der Waals surface area contributed by atoms with Gasteiger partial charge in [-0.15, -0.1) is 0 Å². The van der Waals surface area contributed by atoms with Gasteiger partial charge in [-0.2, -0.15) is 0 Å². The molecule has 0 aliphatic carbocycles. The van der Waals surface area contributed by atoms with E-state index in [1.165, 1.54) is 0 Å². The lowest BCUT2D eigenvalue weighted by Gasteiger charge is -2.22. The van der Waals surface area contributed by atoms with E-state index in [2.05, 4.69) is 0 Å². The molecule has 0 N–H and O–H groups in total. The number of aromatic nitrogens is 1. The number of methoxy groups -OCH3 is 2. The van der Waals surface area contributed by atoms with Gasteiger partial charge in [-0.1, -0.05) is 30.3 Å². The summed E-state index contributed by atoms with van der Waals surface area (Å²) >= 11 is 0. The topological polar surface area (TPSA) is 70.0 Å². The van der Waals surface area contributed by atoms with Gasteiger partial charge in [0, 0.05) is 39.5 Å². The highest BCUT2D eigenvalue weighted by Gasteiger charge is 2.29. The molecule has 0 saturated carbocycles. The number of carbonyl (C=O) groups is 2. The zero-order valence-corrected chi connectivity index (χ0v) is 18.6. The van der Waals surface area contributed by atoms with Crippen molar-refractivity contribution >= 4 is 11.9 Å². The van der Waals surface area contributed by atoms with Gasteiger partial charge in [0.05, 0.1) is 25.4 Å². The smallest absolute Gasteiger partial charge is 0.355 e. The van der Waals surface area contributed by atoms with E-state index in [1.54, 1.807) is 33.0 Å². The first kappa shape index (κ1) is 23.6. The third-order valence-electron chi connectivity index (χ3n) is 5.05. The molecule has 0 fully saturated rings. The Balaban J connectivity index is 2.51. The molecule has 2 rings (SSSR count). The fourth-order valence-corrected chi connectivity index (χ4v) is 3.51. The van der Waals surface area contributed by atoms with E-state index in [-0.39, 0.29) is 12.5 Å². The summed E-state index contributed by atoms with van der Waals surface area (Å²) in [6, 6.07) is 9.84. The molecule has 0 bridgehead atoms.